The van der Waals surface area contributed by atoms with Crippen molar-refractivity contribution in [3.63, 3.8) is 0 Å². The Morgan fingerprint density at radius 3 is 1.33 bits per heavy atom. The maximum Gasteiger partial charge on any atom is 0.310 e. The molecule has 9 heavy (non-hydrogen) atoms. The fraction of sp³-hybridized carbons (Fsp3) is 0.500. The molecule has 5 heteroatoms. The Morgan fingerprint density at radius 1 is 1.11 bits per heavy atom. The van der Waals surface area contributed by atoms with Crippen molar-refractivity contribution in [3.05, 3.63) is 0 Å². The standard InChI is InChI=1S/C4H6O3.Al.Zn.3H/c1-3(5)7-4(2)6;;;;;/h1-2H3;;;;;. The Morgan fingerprint density at radius 2 is 1.33 bits per heavy atom. The molecule has 0 unspecified atom stereocenters. The number of carbonyl (C=O) groups excluding carboxylic acids is 2. The van der Waals surface area contributed by atoms with E-state index in [1.54, 1.807) is 0 Å². The average Bonchev–Trinajstić information content (AvgIpc) is 1.27. The third kappa shape index (κ3) is 17.8. The van der Waals surface area contributed by atoms with Gasteiger partial charge >= 0.3 is 11.9 Å². The van der Waals surface area contributed by atoms with Gasteiger partial charge in [-0.1, -0.05) is 0 Å². The molecule has 0 aromatic carbocycles. The predicted octanol–water partition coefficient (Wildman–Crippen LogP) is -1.09. The van der Waals surface area contributed by atoms with Gasteiger partial charge in [0, 0.05) is 33.3 Å². The van der Waals surface area contributed by atoms with E-state index in [-0.39, 0.29) is 36.8 Å². The third-order valence-corrected chi connectivity index (χ3v) is 0.287. The summed E-state index contributed by atoms with van der Waals surface area (Å²) >= 11 is 0. The van der Waals surface area contributed by atoms with E-state index in [9.17, 15) is 9.59 Å². The summed E-state index contributed by atoms with van der Waals surface area (Å²) in [7, 11) is 0. The van der Waals surface area contributed by atoms with Gasteiger partial charge in [-0.2, -0.15) is 0 Å². The summed E-state index contributed by atoms with van der Waals surface area (Å²) < 4.78 is 3.97. The summed E-state index contributed by atoms with van der Waals surface area (Å²) in [4.78, 5) is 19.6. The van der Waals surface area contributed by atoms with Crippen molar-refractivity contribution >= 4 is 29.3 Å². The van der Waals surface area contributed by atoms with Crippen LogP contribution in [0.1, 0.15) is 13.8 Å². The quantitative estimate of drug-likeness (QED) is 0.282. The first kappa shape index (κ1) is 16.1. The van der Waals surface area contributed by atoms with E-state index in [1.807, 2.05) is 0 Å². The van der Waals surface area contributed by atoms with Crippen LogP contribution in [0.15, 0.2) is 0 Å². The van der Waals surface area contributed by atoms with Crippen LogP contribution in [-0.4, -0.2) is 29.3 Å². The molecule has 0 aromatic rings. The number of hydrogen-bond acceptors (Lipinski definition) is 3. The molecule has 0 radical (unpaired) electrons. The van der Waals surface area contributed by atoms with Gasteiger partial charge in [-0.3, -0.25) is 9.59 Å². The normalized spacial score (nSPS) is 6.00. The molecule has 0 saturated heterocycles. The van der Waals surface area contributed by atoms with Crippen molar-refractivity contribution in [1.82, 2.24) is 0 Å². The van der Waals surface area contributed by atoms with Gasteiger partial charge in [0.2, 0.25) is 0 Å². The number of ether oxygens (including phenoxy) is 1. The number of rotatable bonds is 0. The smallest absolute Gasteiger partial charge is 0.310 e. The Balaban J connectivity index is -0.000000180. The molecular weight excluding hydrogens is 188 g/mol. The molecule has 0 bridgehead atoms. The predicted molar refractivity (Wildman–Crippen MR) is 32.4 cm³/mol. The van der Waals surface area contributed by atoms with Crippen molar-refractivity contribution in [3.8, 4) is 0 Å². The van der Waals surface area contributed by atoms with Gasteiger partial charge in [-0.15, -0.1) is 0 Å². The molecule has 0 heterocycles. The van der Waals surface area contributed by atoms with Crippen molar-refractivity contribution in [2.75, 3.05) is 0 Å². The van der Waals surface area contributed by atoms with E-state index in [1.165, 1.54) is 13.8 Å². The van der Waals surface area contributed by atoms with Crippen LogP contribution in [0.4, 0.5) is 0 Å². The zero-order valence-electron chi connectivity index (χ0n) is 4.93. The van der Waals surface area contributed by atoms with E-state index < -0.39 is 11.9 Å². The van der Waals surface area contributed by atoms with E-state index in [4.69, 9.17) is 0 Å². The molecule has 0 rings (SSSR count). The minimum absolute atomic E-state index is 0. The summed E-state index contributed by atoms with van der Waals surface area (Å²) in [5.41, 5.74) is 0. The number of esters is 2. The van der Waals surface area contributed by atoms with Gasteiger partial charge < -0.3 is 4.74 Å². The first-order chi connectivity index (χ1) is 3.13. The van der Waals surface area contributed by atoms with Crippen molar-refractivity contribution in [2.24, 2.45) is 0 Å². The second-order valence-corrected chi connectivity index (χ2v) is 1.09. The monoisotopic (exact) mass is 196 g/mol. The van der Waals surface area contributed by atoms with E-state index in [2.05, 4.69) is 4.74 Å². The molecule has 0 N–H and O–H groups in total. The van der Waals surface area contributed by atoms with Crippen LogP contribution in [0.3, 0.4) is 0 Å². The first-order valence-corrected chi connectivity index (χ1v) is 1.82. The average molecular weight is 197 g/mol. The van der Waals surface area contributed by atoms with Crippen molar-refractivity contribution in [1.29, 1.82) is 0 Å². The van der Waals surface area contributed by atoms with Crippen LogP contribution in [0.25, 0.3) is 0 Å². The molecule has 0 amide bonds. The Labute approximate surface area is 77.0 Å². The molecule has 0 spiro atoms. The van der Waals surface area contributed by atoms with E-state index in [0.29, 0.717) is 0 Å². The molecule has 0 fully saturated rings. The van der Waals surface area contributed by atoms with Crippen LogP contribution >= 0.6 is 0 Å². The second-order valence-electron chi connectivity index (χ2n) is 1.09. The summed E-state index contributed by atoms with van der Waals surface area (Å²) in [6.45, 7) is 2.36. The van der Waals surface area contributed by atoms with Gasteiger partial charge in [-0.25, -0.2) is 0 Å². The van der Waals surface area contributed by atoms with Crippen LogP contribution < -0.4 is 0 Å². The number of carbonyl (C=O) groups is 2. The van der Waals surface area contributed by atoms with Crippen molar-refractivity contribution in [2.45, 2.75) is 13.8 Å². The van der Waals surface area contributed by atoms with Crippen molar-refractivity contribution < 1.29 is 33.8 Å². The van der Waals surface area contributed by atoms with Crippen LogP contribution in [0, 0.1) is 0 Å². The maximum atomic E-state index is 9.81. The van der Waals surface area contributed by atoms with E-state index in [0.717, 1.165) is 0 Å². The van der Waals surface area contributed by atoms with Gasteiger partial charge in [0.15, 0.2) is 17.4 Å². The van der Waals surface area contributed by atoms with Crippen LogP contribution in [0.5, 0.6) is 0 Å². The molecule has 0 aliphatic rings. The first-order valence-electron chi connectivity index (χ1n) is 1.82. The summed E-state index contributed by atoms with van der Waals surface area (Å²) in [5.74, 6) is -1.12. The second kappa shape index (κ2) is 8.30. The zero-order chi connectivity index (χ0) is 5.86. The van der Waals surface area contributed by atoms with Gasteiger partial charge in [-0.05, 0) is 0 Å². The third-order valence-electron chi connectivity index (χ3n) is 0.287. The van der Waals surface area contributed by atoms with Gasteiger partial charge in [0.05, 0.1) is 0 Å². The molecule has 0 saturated carbocycles. The van der Waals surface area contributed by atoms with E-state index >= 15 is 0 Å². The fourth-order valence-corrected chi connectivity index (χ4v) is 0.202. The van der Waals surface area contributed by atoms with Gasteiger partial charge in [0.25, 0.3) is 0 Å². The molecular formula is C4H9AlO3Zn. The molecule has 0 aliphatic heterocycles. The Bertz CT molecular complexity index is 92.0. The number of hydrogen-bond donors (Lipinski definition) is 0. The SMILES string of the molecule is CC(=O)OC(C)=O.[AlH3].[Zn]. The summed E-state index contributed by atoms with van der Waals surface area (Å²) in [6.07, 6.45) is 0. The fourth-order valence-electron chi connectivity index (χ4n) is 0.202. The summed E-state index contributed by atoms with van der Waals surface area (Å²) in [5, 5.41) is 0. The molecule has 48 valence electrons. The molecule has 0 aromatic heterocycles. The molecule has 0 aliphatic carbocycles. The molecule has 0 atom stereocenters. The Hall–Kier alpha value is 0.296. The minimum atomic E-state index is -0.562. The largest absolute Gasteiger partial charge is 0.394 e. The van der Waals surface area contributed by atoms with Gasteiger partial charge in [0.1, 0.15) is 0 Å². The Kier molecular flexibility index (Phi) is 14.9. The van der Waals surface area contributed by atoms with Crippen LogP contribution in [0.2, 0.25) is 0 Å². The summed E-state index contributed by atoms with van der Waals surface area (Å²) in [6, 6.07) is 0. The molecule has 3 nitrogen and oxygen atoms in total. The zero-order valence-corrected chi connectivity index (χ0v) is 7.90. The van der Waals surface area contributed by atoms with Crippen LogP contribution in [-0.2, 0) is 33.8 Å². The minimum Gasteiger partial charge on any atom is -0.394 e. The maximum absolute atomic E-state index is 9.81. The topological polar surface area (TPSA) is 43.4 Å².